The summed E-state index contributed by atoms with van der Waals surface area (Å²) in [5, 5.41) is 10.6. The zero-order valence-electron chi connectivity index (χ0n) is 12.3. The number of aromatic amines is 1. The molecule has 0 aromatic carbocycles. The number of H-pyrrole nitrogens is 1. The third kappa shape index (κ3) is 2.52. The van der Waals surface area contributed by atoms with Crippen LogP contribution >= 0.6 is 0 Å². The molecule has 1 atom stereocenters. The van der Waals surface area contributed by atoms with Gasteiger partial charge in [0.05, 0.1) is 12.3 Å². The molecular formula is C15H15N5O3. The summed E-state index contributed by atoms with van der Waals surface area (Å²) in [5.41, 5.74) is 0.266. The molecule has 0 bridgehead atoms. The number of amides is 1. The Hall–Kier alpha value is -2.90. The number of rotatable bonds is 3. The molecule has 4 rings (SSSR count). The van der Waals surface area contributed by atoms with Gasteiger partial charge in [-0.3, -0.25) is 9.89 Å². The highest BCUT2D eigenvalue weighted by molar-refractivity contribution is 5.93. The van der Waals surface area contributed by atoms with E-state index in [0.717, 1.165) is 19.3 Å². The van der Waals surface area contributed by atoms with Gasteiger partial charge in [0.15, 0.2) is 11.5 Å². The molecule has 0 radical (unpaired) electrons. The quantitative estimate of drug-likeness (QED) is 0.797. The van der Waals surface area contributed by atoms with Gasteiger partial charge in [-0.15, -0.1) is 0 Å². The lowest BCUT2D eigenvalue weighted by Gasteiger charge is -2.33. The number of piperidine rings is 1. The zero-order chi connectivity index (χ0) is 15.6. The second-order valence-corrected chi connectivity index (χ2v) is 5.43. The first-order valence-electron chi connectivity index (χ1n) is 7.50. The van der Waals surface area contributed by atoms with E-state index in [2.05, 4.69) is 20.3 Å². The maximum Gasteiger partial charge on any atom is 0.276 e. The first-order chi connectivity index (χ1) is 11.3. The van der Waals surface area contributed by atoms with E-state index in [-0.39, 0.29) is 17.6 Å². The van der Waals surface area contributed by atoms with Gasteiger partial charge in [-0.05, 0) is 31.4 Å². The lowest BCUT2D eigenvalue weighted by atomic mass is 10.0. The molecule has 1 fully saturated rings. The molecule has 8 heteroatoms. The number of nitrogens with zero attached hydrogens (tertiary/aromatic N) is 4. The molecule has 3 aromatic heterocycles. The maximum atomic E-state index is 12.8. The molecule has 23 heavy (non-hydrogen) atoms. The molecule has 1 aliphatic rings. The molecule has 0 unspecified atom stereocenters. The minimum atomic E-state index is -0.173. The average molecular weight is 313 g/mol. The first kappa shape index (κ1) is 13.7. The fourth-order valence-electron chi connectivity index (χ4n) is 2.89. The molecule has 3 aromatic rings. The summed E-state index contributed by atoms with van der Waals surface area (Å²) in [6.45, 7) is 0.660. The number of carbonyl (C=O) groups excluding carboxylic acids is 1. The van der Waals surface area contributed by atoms with Crippen LogP contribution in [0.3, 0.4) is 0 Å². The normalized spacial score (nSPS) is 18.3. The molecule has 118 valence electrons. The van der Waals surface area contributed by atoms with Gasteiger partial charge in [0, 0.05) is 12.6 Å². The molecule has 1 saturated heterocycles. The zero-order valence-corrected chi connectivity index (χ0v) is 12.3. The van der Waals surface area contributed by atoms with Crippen LogP contribution in [-0.2, 0) is 0 Å². The standard InChI is InChI=1S/C15H15N5O3/c21-15(10-8-13(23-19-10)12-5-3-7-22-12)20-6-2-1-4-11(20)14-16-9-17-18-14/h3,5,7-9,11H,1-2,4,6H2,(H,16,17,18)/t11-/m0/s1. The van der Waals surface area contributed by atoms with Gasteiger partial charge in [-0.1, -0.05) is 5.16 Å². The lowest BCUT2D eigenvalue weighted by molar-refractivity contribution is 0.0590. The summed E-state index contributed by atoms with van der Waals surface area (Å²) in [4.78, 5) is 18.8. The van der Waals surface area contributed by atoms with Crippen LogP contribution in [0, 0.1) is 0 Å². The van der Waals surface area contributed by atoms with Crippen molar-refractivity contribution in [3.8, 4) is 11.5 Å². The van der Waals surface area contributed by atoms with Crippen molar-refractivity contribution in [2.24, 2.45) is 0 Å². The van der Waals surface area contributed by atoms with E-state index >= 15 is 0 Å². The van der Waals surface area contributed by atoms with Crippen molar-refractivity contribution in [2.75, 3.05) is 6.54 Å². The summed E-state index contributed by atoms with van der Waals surface area (Å²) in [7, 11) is 0. The molecule has 0 aliphatic carbocycles. The number of hydrogen-bond donors (Lipinski definition) is 1. The maximum absolute atomic E-state index is 12.8. The van der Waals surface area contributed by atoms with Crippen molar-refractivity contribution in [3.63, 3.8) is 0 Å². The summed E-state index contributed by atoms with van der Waals surface area (Å²) < 4.78 is 10.5. The van der Waals surface area contributed by atoms with E-state index in [1.165, 1.54) is 6.33 Å². The fourth-order valence-corrected chi connectivity index (χ4v) is 2.89. The van der Waals surface area contributed by atoms with Crippen LogP contribution in [0.1, 0.15) is 41.6 Å². The predicted octanol–water partition coefficient (Wildman–Crippen LogP) is 2.42. The number of carbonyl (C=O) groups is 1. The van der Waals surface area contributed by atoms with Crippen LogP contribution < -0.4 is 0 Å². The molecule has 1 amide bonds. The molecular weight excluding hydrogens is 298 g/mol. The largest absolute Gasteiger partial charge is 0.461 e. The van der Waals surface area contributed by atoms with Crippen LogP contribution in [0.4, 0.5) is 0 Å². The monoisotopic (exact) mass is 313 g/mol. The van der Waals surface area contributed by atoms with E-state index in [9.17, 15) is 4.79 Å². The highest BCUT2D eigenvalue weighted by Crippen LogP contribution is 2.30. The fraction of sp³-hybridized carbons (Fsp3) is 0.333. The van der Waals surface area contributed by atoms with Gasteiger partial charge in [0.25, 0.3) is 5.91 Å². The minimum Gasteiger partial charge on any atom is -0.461 e. The Morgan fingerprint density at radius 1 is 1.35 bits per heavy atom. The van der Waals surface area contributed by atoms with E-state index in [4.69, 9.17) is 8.94 Å². The van der Waals surface area contributed by atoms with E-state index in [1.54, 1.807) is 29.4 Å². The van der Waals surface area contributed by atoms with Gasteiger partial charge in [-0.25, -0.2) is 4.98 Å². The number of likely N-dealkylation sites (tertiary alicyclic amines) is 1. The Morgan fingerprint density at radius 3 is 3.09 bits per heavy atom. The first-order valence-corrected chi connectivity index (χ1v) is 7.50. The van der Waals surface area contributed by atoms with Gasteiger partial charge in [-0.2, -0.15) is 5.10 Å². The molecule has 8 nitrogen and oxygen atoms in total. The van der Waals surface area contributed by atoms with Gasteiger partial charge in [0.1, 0.15) is 12.2 Å². The van der Waals surface area contributed by atoms with Crippen molar-refractivity contribution in [3.05, 3.63) is 42.3 Å². The highest BCUT2D eigenvalue weighted by Gasteiger charge is 2.32. The Kier molecular flexibility index (Phi) is 3.41. The van der Waals surface area contributed by atoms with E-state index in [1.807, 2.05) is 0 Å². The highest BCUT2D eigenvalue weighted by atomic mass is 16.5. The van der Waals surface area contributed by atoms with E-state index in [0.29, 0.717) is 23.9 Å². The van der Waals surface area contributed by atoms with Gasteiger partial charge < -0.3 is 13.8 Å². The summed E-state index contributed by atoms with van der Waals surface area (Å²) in [5.74, 6) is 1.51. The van der Waals surface area contributed by atoms with Crippen LogP contribution in [0.25, 0.3) is 11.5 Å². The Balaban J connectivity index is 1.60. The predicted molar refractivity (Wildman–Crippen MR) is 78.2 cm³/mol. The minimum absolute atomic E-state index is 0.109. The van der Waals surface area contributed by atoms with Crippen LogP contribution in [0.2, 0.25) is 0 Å². The second-order valence-electron chi connectivity index (χ2n) is 5.43. The molecule has 1 aliphatic heterocycles. The lowest BCUT2D eigenvalue weighted by Crippen LogP contribution is -2.39. The van der Waals surface area contributed by atoms with Crippen LogP contribution in [0.5, 0.6) is 0 Å². The van der Waals surface area contributed by atoms with Gasteiger partial charge in [0.2, 0.25) is 5.76 Å². The Morgan fingerprint density at radius 2 is 2.30 bits per heavy atom. The summed E-state index contributed by atoms with van der Waals surface area (Å²) in [6.07, 6.45) is 5.86. The van der Waals surface area contributed by atoms with Crippen molar-refractivity contribution < 1.29 is 13.7 Å². The topological polar surface area (TPSA) is 101 Å². The van der Waals surface area contributed by atoms with Crippen molar-refractivity contribution in [1.82, 2.24) is 25.2 Å². The summed E-state index contributed by atoms with van der Waals surface area (Å²) >= 11 is 0. The molecule has 1 N–H and O–H groups in total. The van der Waals surface area contributed by atoms with E-state index < -0.39 is 0 Å². The number of hydrogen-bond acceptors (Lipinski definition) is 6. The van der Waals surface area contributed by atoms with Crippen molar-refractivity contribution in [2.45, 2.75) is 25.3 Å². The third-order valence-electron chi connectivity index (χ3n) is 4.01. The molecule has 4 heterocycles. The Labute approximate surface area is 131 Å². The SMILES string of the molecule is O=C(c1cc(-c2ccco2)on1)N1CCCC[C@H]1c1ncn[nH]1. The average Bonchev–Trinajstić information content (AvgIpc) is 3.35. The number of furan rings is 1. The molecule has 0 spiro atoms. The van der Waals surface area contributed by atoms with Gasteiger partial charge >= 0.3 is 0 Å². The Bertz CT molecular complexity index is 778. The molecule has 0 saturated carbocycles. The number of nitrogens with one attached hydrogen (secondary N) is 1. The van der Waals surface area contributed by atoms with Crippen molar-refractivity contribution >= 4 is 5.91 Å². The van der Waals surface area contributed by atoms with Crippen LogP contribution in [-0.4, -0.2) is 37.7 Å². The van der Waals surface area contributed by atoms with Crippen LogP contribution in [0.15, 0.2) is 39.7 Å². The van der Waals surface area contributed by atoms with Crippen molar-refractivity contribution in [1.29, 1.82) is 0 Å². The second kappa shape index (κ2) is 5.71. The smallest absolute Gasteiger partial charge is 0.276 e. The number of aromatic nitrogens is 4. The summed E-state index contributed by atoms with van der Waals surface area (Å²) in [6, 6.07) is 5.01. The third-order valence-corrected chi connectivity index (χ3v) is 4.01.